The summed E-state index contributed by atoms with van der Waals surface area (Å²) in [6, 6.07) is 21.3. The maximum atomic E-state index is 13.3. The molecule has 0 aromatic heterocycles. The van der Waals surface area contributed by atoms with Crippen LogP contribution in [0.25, 0.3) is 12.2 Å². The molecule has 0 spiro atoms. The summed E-state index contributed by atoms with van der Waals surface area (Å²) in [4.78, 5) is 24.9. The molecule has 0 saturated carbocycles. The third kappa shape index (κ3) is 8.85. The van der Waals surface area contributed by atoms with E-state index in [0.29, 0.717) is 34.1 Å². The van der Waals surface area contributed by atoms with Crippen LogP contribution >= 0.6 is 0 Å². The third-order valence-corrected chi connectivity index (χ3v) is 8.96. The van der Waals surface area contributed by atoms with E-state index in [0.717, 1.165) is 12.2 Å². The molecule has 0 aliphatic heterocycles. The van der Waals surface area contributed by atoms with Crippen LogP contribution in [0.15, 0.2) is 105 Å². The SMILES string of the molecule is Nc1cccc(N/N=C2\C(=O)c3ccc(Nc4ccc5c(c4)C=C(S(=O)(=O)[O-])/C(=N/Nc4cccc(N)c4)C5=O)cc3C=C2S(=O)(=O)[O-])c1.[Na+].[Na+]. The maximum Gasteiger partial charge on any atom is 1.00 e. The monoisotopic (exact) mass is 743 g/mol. The van der Waals surface area contributed by atoms with E-state index in [4.69, 9.17) is 11.5 Å². The van der Waals surface area contributed by atoms with Crippen LogP contribution in [0.4, 0.5) is 34.1 Å². The average molecular weight is 744 g/mol. The van der Waals surface area contributed by atoms with E-state index in [2.05, 4.69) is 26.4 Å². The predicted molar refractivity (Wildman–Crippen MR) is 184 cm³/mol. The summed E-state index contributed by atoms with van der Waals surface area (Å²) in [6.45, 7) is 0. The molecular weight excluding hydrogens is 721 g/mol. The Kier molecular flexibility index (Phi) is 12.1. The van der Waals surface area contributed by atoms with Crippen molar-refractivity contribution in [3.05, 3.63) is 117 Å². The molecular formula is C32H23N7Na2O8S2. The number of nitrogens with two attached hydrogens (primary N) is 2. The van der Waals surface area contributed by atoms with Gasteiger partial charge in [0.1, 0.15) is 31.7 Å². The summed E-state index contributed by atoms with van der Waals surface area (Å²) in [5, 5.41) is 10.8. The molecule has 0 atom stereocenters. The minimum absolute atomic E-state index is 0. The number of nitrogen functional groups attached to an aromatic ring is 2. The van der Waals surface area contributed by atoms with Crippen LogP contribution in [-0.2, 0) is 20.2 Å². The van der Waals surface area contributed by atoms with Crippen molar-refractivity contribution in [1.29, 1.82) is 0 Å². The summed E-state index contributed by atoms with van der Waals surface area (Å²) < 4.78 is 73.0. The minimum Gasteiger partial charge on any atom is -0.744 e. The Morgan fingerprint density at radius 2 is 0.941 bits per heavy atom. The smallest absolute Gasteiger partial charge is 0.744 e. The number of ketones is 2. The van der Waals surface area contributed by atoms with Crippen molar-refractivity contribution >= 4 is 89.5 Å². The van der Waals surface area contributed by atoms with Crippen LogP contribution in [0.2, 0.25) is 0 Å². The summed E-state index contributed by atoms with van der Waals surface area (Å²) >= 11 is 0. The molecule has 2 aliphatic carbocycles. The number of hydrogen-bond donors (Lipinski definition) is 5. The van der Waals surface area contributed by atoms with Crippen LogP contribution in [0.5, 0.6) is 0 Å². The number of hydrogen-bond acceptors (Lipinski definition) is 15. The molecule has 2 aliphatic rings. The molecule has 0 unspecified atom stereocenters. The van der Waals surface area contributed by atoms with Gasteiger partial charge in [-0.25, -0.2) is 16.8 Å². The number of Topliss-reactive ketones (excluding diaryl/α,β-unsaturated/α-hetero) is 2. The van der Waals surface area contributed by atoms with Gasteiger partial charge in [-0.2, -0.15) is 10.2 Å². The third-order valence-electron chi connectivity index (χ3n) is 7.26. The molecule has 248 valence electrons. The molecule has 0 fully saturated rings. The second-order valence-electron chi connectivity index (χ2n) is 10.7. The molecule has 19 heteroatoms. The molecule has 0 saturated heterocycles. The second-order valence-corrected chi connectivity index (χ2v) is 13.4. The number of fused-ring (bicyclic) bond motifs is 2. The second kappa shape index (κ2) is 15.6. The standard InChI is InChI=1S/C32H25N7O8S2.2Na/c33-19-3-1-5-23(15-19)36-38-29-27(48(42,43)44)13-17-11-21(7-9-25(17)31(29)40)35-22-8-10-26-18(12-22)14-28(49(45,46)47)30(32(26)41)39-37-24-6-2-4-20(34)16-24;;/h1-16,35-37H,33-34H2,(H,42,43,44)(H,45,46,47);;/q;2*+1/p-2/b38-29-,39-30-;;. The van der Waals surface area contributed by atoms with Crippen LogP contribution in [0, 0.1) is 0 Å². The quantitative estimate of drug-likeness (QED) is 0.0551. The minimum atomic E-state index is -5.15. The largest absolute Gasteiger partial charge is 1.00 e. The Balaban J connectivity index is 0.00000292. The fraction of sp³-hybridized carbons (Fsp3) is 0. The van der Waals surface area contributed by atoms with Crippen molar-refractivity contribution in [2.24, 2.45) is 10.2 Å². The topological polar surface area (TPSA) is 261 Å². The van der Waals surface area contributed by atoms with Crippen molar-refractivity contribution in [1.82, 2.24) is 0 Å². The van der Waals surface area contributed by atoms with Crippen LogP contribution in [-0.4, -0.2) is 48.9 Å². The van der Waals surface area contributed by atoms with Gasteiger partial charge in [-0.05, 0) is 96.1 Å². The van der Waals surface area contributed by atoms with Gasteiger partial charge in [0.25, 0.3) is 0 Å². The van der Waals surface area contributed by atoms with Crippen LogP contribution < -0.4 is 86.8 Å². The Morgan fingerprint density at radius 1 is 0.549 bits per heavy atom. The predicted octanol–water partition coefficient (Wildman–Crippen LogP) is -2.30. The van der Waals surface area contributed by atoms with Crippen molar-refractivity contribution < 1.29 is 94.6 Å². The zero-order valence-corrected chi connectivity index (χ0v) is 32.5. The van der Waals surface area contributed by atoms with Crippen molar-refractivity contribution in [3.8, 4) is 0 Å². The molecule has 15 nitrogen and oxygen atoms in total. The number of carbonyl (C=O) groups excluding carboxylic acids is 2. The van der Waals surface area contributed by atoms with E-state index in [1.807, 2.05) is 0 Å². The number of nitrogens with one attached hydrogen (secondary N) is 3. The van der Waals surface area contributed by atoms with Crippen LogP contribution in [0.3, 0.4) is 0 Å². The zero-order valence-electron chi connectivity index (χ0n) is 26.9. The molecule has 0 heterocycles. The molecule has 0 bridgehead atoms. The first-order valence-corrected chi connectivity index (χ1v) is 16.9. The Hall–Kier alpha value is -4.14. The van der Waals surface area contributed by atoms with Gasteiger partial charge in [0.05, 0.1) is 21.2 Å². The van der Waals surface area contributed by atoms with Gasteiger partial charge in [-0.1, -0.05) is 12.1 Å². The fourth-order valence-electron chi connectivity index (χ4n) is 5.05. The van der Waals surface area contributed by atoms with Gasteiger partial charge < -0.3 is 25.9 Å². The Bertz CT molecular complexity index is 2280. The Morgan fingerprint density at radius 3 is 1.29 bits per heavy atom. The van der Waals surface area contributed by atoms with Gasteiger partial charge >= 0.3 is 59.1 Å². The first-order chi connectivity index (χ1) is 23.2. The van der Waals surface area contributed by atoms with Gasteiger partial charge in [-0.3, -0.25) is 20.4 Å². The molecule has 0 amide bonds. The van der Waals surface area contributed by atoms with E-state index in [-0.39, 0.29) is 81.4 Å². The molecule has 7 N–H and O–H groups in total. The van der Waals surface area contributed by atoms with E-state index in [9.17, 15) is 35.5 Å². The molecule has 51 heavy (non-hydrogen) atoms. The number of benzene rings is 4. The molecule has 0 radical (unpaired) electrons. The number of nitrogens with zero attached hydrogens (tertiary/aromatic N) is 2. The van der Waals surface area contributed by atoms with E-state index < -0.39 is 53.0 Å². The first-order valence-electron chi connectivity index (χ1n) is 14.1. The molecule has 6 rings (SSSR count). The average Bonchev–Trinajstić information content (AvgIpc) is 3.03. The molecule has 4 aromatic carbocycles. The summed E-state index contributed by atoms with van der Waals surface area (Å²) in [7, 11) is -10.3. The number of allylic oxidation sites excluding steroid dienone is 2. The summed E-state index contributed by atoms with van der Waals surface area (Å²) in [6.07, 6.45) is 2.06. The fourth-order valence-corrected chi connectivity index (χ4v) is 6.34. The van der Waals surface area contributed by atoms with E-state index >= 15 is 0 Å². The van der Waals surface area contributed by atoms with Gasteiger partial charge in [0, 0.05) is 33.9 Å². The number of carbonyl (C=O) groups is 2. The van der Waals surface area contributed by atoms with Gasteiger partial charge in [-0.15, -0.1) is 0 Å². The zero-order chi connectivity index (χ0) is 35.1. The normalized spacial score (nSPS) is 15.4. The number of rotatable bonds is 8. The van der Waals surface area contributed by atoms with Gasteiger partial charge in [0.2, 0.25) is 11.6 Å². The van der Waals surface area contributed by atoms with E-state index in [1.54, 1.807) is 36.4 Å². The van der Waals surface area contributed by atoms with Crippen molar-refractivity contribution in [2.45, 2.75) is 0 Å². The number of anilines is 6. The summed E-state index contributed by atoms with van der Waals surface area (Å²) in [5.41, 5.74) is 17.9. The first kappa shape index (κ1) is 39.6. The maximum absolute atomic E-state index is 13.3. The Labute approximate surface area is 336 Å². The summed E-state index contributed by atoms with van der Waals surface area (Å²) in [5.74, 6) is -1.64. The number of hydrazone groups is 2. The van der Waals surface area contributed by atoms with Crippen molar-refractivity contribution in [3.63, 3.8) is 0 Å². The van der Waals surface area contributed by atoms with Crippen molar-refractivity contribution in [2.75, 3.05) is 27.6 Å². The van der Waals surface area contributed by atoms with Crippen LogP contribution in [0.1, 0.15) is 31.8 Å². The molecule has 4 aromatic rings. The van der Waals surface area contributed by atoms with Gasteiger partial charge in [0.15, 0.2) is 0 Å². The van der Waals surface area contributed by atoms with E-state index in [1.165, 1.54) is 48.5 Å².